The number of rotatable bonds is 6. The Bertz CT molecular complexity index is 296. The molecule has 0 aliphatic heterocycles. The van der Waals surface area contributed by atoms with E-state index in [9.17, 15) is 0 Å². The van der Waals surface area contributed by atoms with Crippen LogP contribution in [0.3, 0.4) is 0 Å². The molecule has 1 rings (SSSR count). The molecule has 0 bridgehead atoms. The van der Waals surface area contributed by atoms with Crippen molar-refractivity contribution in [1.82, 2.24) is 20.8 Å². The summed E-state index contributed by atoms with van der Waals surface area (Å²) in [4.78, 5) is 4.40. The van der Waals surface area contributed by atoms with Crippen molar-refractivity contribution in [1.29, 1.82) is 0 Å². The molecule has 0 amide bonds. The van der Waals surface area contributed by atoms with Crippen molar-refractivity contribution in [3.63, 3.8) is 0 Å². The Morgan fingerprint density at radius 3 is 3.06 bits per heavy atom. The van der Waals surface area contributed by atoms with E-state index in [0.29, 0.717) is 13.2 Å². The highest BCUT2D eigenvalue weighted by Gasteiger charge is 1.96. The van der Waals surface area contributed by atoms with Gasteiger partial charge in [-0.1, -0.05) is 0 Å². The van der Waals surface area contributed by atoms with Crippen molar-refractivity contribution >= 4 is 5.96 Å². The van der Waals surface area contributed by atoms with E-state index < -0.39 is 0 Å². The highest BCUT2D eigenvalue weighted by Crippen LogP contribution is 1.93. The van der Waals surface area contributed by atoms with Gasteiger partial charge in [0.15, 0.2) is 5.96 Å². The van der Waals surface area contributed by atoms with Gasteiger partial charge in [-0.2, -0.15) is 5.10 Å². The third-order valence-electron chi connectivity index (χ3n) is 1.91. The van der Waals surface area contributed by atoms with E-state index in [1.54, 1.807) is 13.3 Å². The van der Waals surface area contributed by atoms with E-state index in [1.165, 1.54) is 0 Å². The van der Waals surface area contributed by atoms with Gasteiger partial charge >= 0.3 is 0 Å². The van der Waals surface area contributed by atoms with E-state index in [-0.39, 0.29) is 0 Å². The SMILES string of the molecule is CCNC(=NCc1ccn[nH]1)NCCOC. The number of ether oxygens (including phenoxy) is 1. The largest absolute Gasteiger partial charge is 0.383 e. The smallest absolute Gasteiger partial charge is 0.191 e. The molecular formula is C10H19N5O. The van der Waals surface area contributed by atoms with Crippen LogP contribution in [0.25, 0.3) is 0 Å². The highest BCUT2D eigenvalue weighted by molar-refractivity contribution is 5.79. The van der Waals surface area contributed by atoms with Gasteiger partial charge in [-0.3, -0.25) is 5.10 Å². The first kappa shape index (κ1) is 12.5. The minimum absolute atomic E-state index is 0.586. The van der Waals surface area contributed by atoms with Crippen molar-refractivity contribution in [2.24, 2.45) is 4.99 Å². The molecule has 0 atom stereocenters. The normalized spacial score (nSPS) is 11.5. The zero-order chi connectivity index (χ0) is 11.6. The summed E-state index contributed by atoms with van der Waals surface area (Å²) in [6.07, 6.45) is 1.72. The van der Waals surface area contributed by atoms with E-state index >= 15 is 0 Å². The number of guanidine groups is 1. The molecule has 6 nitrogen and oxygen atoms in total. The Morgan fingerprint density at radius 2 is 2.44 bits per heavy atom. The van der Waals surface area contributed by atoms with Gasteiger partial charge in [0.2, 0.25) is 0 Å². The Labute approximate surface area is 95.5 Å². The van der Waals surface area contributed by atoms with Gasteiger partial charge in [-0.15, -0.1) is 0 Å². The van der Waals surface area contributed by atoms with Crippen LogP contribution in [-0.4, -0.2) is 43.0 Å². The zero-order valence-electron chi connectivity index (χ0n) is 9.79. The topological polar surface area (TPSA) is 74.3 Å². The fourth-order valence-corrected chi connectivity index (χ4v) is 1.15. The van der Waals surface area contributed by atoms with E-state index in [4.69, 9.17) is 4.74 Å². The molecule has 0 aliphatic carbocycles. The number of aromatic amines is 1. The summed E-state index contributed by atoms with van der Waals surface area (Å²) < 4.78 is 4.96. The van der Waals surface area contributed by atoms with Crippen molar-refractivity contribution in [2.75, 3.05) is 26.8 Å². The average Bonchev–Trinajstić information content (AvgIpc) is 2.79. The monoisotopic (exact) mass is 225 g/mol. The second-order valence-corrected chi connectivity index (χ2v) is 3.20. The highest BCUT2D eigenvalue weighted by atomic mass is 16.5. The molecule has 0 unspecified atom stereocenters. The van der Waals surface area contributed by atoms with Gasteiger partial charge in [0.1, 0.15) is 0 Å². The summed E-state index contributed by atoms with van der Waals surface area (Å²) in [5, 5.41) is 13.0. The van der Waals surface area contributed by atoms with Crippen LogP contribution in [0.4, 0.5) is 0 Å². The molecule has 1 heterocycles. The summed E-state index contributed by atoms with van der Waals surface area (Å²) in [5.74, 6) is 0.786. The molecule has 6 heteroatoms. The van der Waals surface area contributed by atoms with Gasteiger partial charge in [0, 0.05) is 26.4 Å². The van der Waals surface area contributed by atoms with Gasteiger partial charge in [0.05, 0.1) is 18.8 Å². The van der Waals surface area contributed by atoms with Crippen molar-refractivity contribution in [3.05, 3.63) is 18.0 Å². The molecule has 16 heavy (non-hydrogen) atoms. The Kier molecular flexibility index (Phi) is 6.02. The minimum atomic E-state index is 0.586. The zero-order valence-corrected chi connectivity index (χ0v) is 9.79. The molecule has 0 saturated heterocycles. The predicted molar refractivity (Wildman–Crippen MR) is 63.3 cm³/mol. The Hall–Kier alpha value is -1.56. The maximum absolute atomic E-state index is 4.96. The lowest BCUT2D eigenvalue weighted by Gasteiger charge is -2.10. The number of methoxy groups -OCH3 is 1. The standard InChI is InChI=1S/C10H19N5O/c1-3-11-10(12-6-7-16-2)13-8-9-4-5-14-15-9/h4-5H,3,6-8H2,1-2H3,(H,14,15)(H2,11,12,13). The van der Waals surface area contributed by atoms with Gasteiger partial charge in [-0.25, -0.2) is 4.99 Å². The number of aliphatic imine (C=N–C) groups is 1. The fraction of sp³-hybridized carbons (Fsp3) is 0.600. The third-order valence-corrected chi connectivity index (χ3v) is 1.91. The number of nitrogens with zero attached hydrogens (tertiary/aromatic N) is 2. The molecule has 0 aliphatic rings. The second-order valence-electron chi connectivity index (χ2n) is 3.20. The van der Waals surface area contributed by atoms with Gasteiger partial charge in [-0.05, 0) is 13.0 Å². The first-order chi connectivity index (χ1) is 7.86. The Balaban J connectivity index is 2.38. The van der Waals surface area contributed by atoms with Crippen LogP contribution in [0.5, 0.6) is 0 Å². The maximum atomic E-state index is 4.96. The molecule has 1 aromatic rings. The average molecular weight is 225 g/mol. The summed E-state index contributed by atoms with van der Waals surface area (Å²) in [5.41, 5.74) is 0.990. The number of aromatic nitrogens is 2. The maximum Gasteiger partial charge on any atom is 0.191 e. The fourth-order valence-electron chi connectivity index (χ4n) is 1.15. The van der Waals surface area contributed by atoms with Crippen LogP contribution in [0, 0.1) is 0 Å². The first-order valence-corrected chi connectivity index (χ1v) is 5.36. The van der Waals surface area contributed by atoms with E-state index in [0.717, 1.165) is 24.7 Å². The number of nitrogens with one attached hydrogen (secondary N) is 3. The van der Waals surface area contributed by atoms with Crippen LogP contribution in [-0.2, 0) is 11.3 Å². The second kappa shape index (κ2) is 7.70. The van der Waals surface area contributed by atoms with Crippen LogP contribution in [0.15, 0.2) is 17.3 Å². The molecule has 0 fully saturated rings. The summed E-state index contributed by atoms with van der Waals surface area (Å²) >= 11 is 0. The van der Waals surface area contributed by atoms with Crippen molar-refractivity contribution in [2.45, 2.75) is 13.5 Å². The van der Waals surface area contributed by atoms with E-state index in [2.05, 4.69) is 25.8 Å². The van der Waals surface area contributed by atoms with Crippen molar-refractivity contribution < 1.29 is 4.74 Å². The third kappa shape index (κ3) is 4.79. The molecule has 0 saturated carbocycles. The summed E-state index contributed by atoms with van der Waals surface area (Å²) in [7, 11) is 1.68. The number of hydrogen-bond donors (Lipinski definition) is 3. The summed E-state index contributed by atoms with van der Waals surface area (Å²) in [6.45, 7) is 4.85. The van der Waals surface area contributed by atoms with Crippen LogP contribution >= 0.6 is 0 Å². The molecule has 1 aromatic heterocycles. The number of hydrogen-bond acceptors (Lipinski definition) is 3. The molecule has 3 N–H and O–H groups in total. The molecular weight excluding hydrogens is 206 g/mol. The van der Waals surface area contributed by atoms with Crippen LogP contribution in [0.2, 0.25) is 0 Å². The van der Waals surface area contributed by atoms with Gasteiger partial charge in [0.25, 0.3) is 0 Å². The minimum Gasteiger partial charge on any atom is -0.383 e. The van der Waals surface area contributed by atoms with Crippen LogP contribution in [0.1, 0.15) is 12.6 Å². The molecule has 0 spiro atoms. The van der Waals surface area contributed by atoms with Crippen molar-refractivity contribution in [3.8, 4) is 0 Å². The van der Waals surface area contributed by atoms with E-state index in [1.807, 2.05) is 13.0 Å². The van der Waals surface area contributed by atoms with Gasteiger partial charge < -0.3 is 15.4 Å². The Morgan fingerprint density at radius 1 is 1.56 bits per heavy atom. The summed E-state index contributed by atoms with van der Waals surface area (Å²) in [6, 6.07) is 1.90. The lowest BCUT2D eigenvalue weighted by molar-refractivity contribution is 0.203. The molecule has 0 radical (unpaired) electrons. The quantitative estimate of drug-likeness (QED) is 0.365. The van der Waals surface area contributed by atoms with Crippen LogP contribution < -0.4 is 10.6 Å². The lowest BCUT2D eigenvalue weighted by atomic mass is 10.4. The molecule has 0 aromatic carbocycles. The first-order valence-electron chi connectivity index (χ1n) is 5.36. The predicted octanol–water partition coefficient (Wildman–Crippen LogP) is 0.111. The number of H-pyrrole nitrogens is 1. The lowest BCUT2D eigenvalue weighted by Crippen LogP contribution is -2.38. The molecule has 90 valence electrons.